The summed E-state index contributed by atoms with van der Waals surface area (Å²) in [6, 6.07) is 17.2. The summed E-state index contributed by atoms with van der Waals surface area (Å²) < 4.78 is 0. The monoisotopic (exact) mass is 294 g/mol. The van der Waals surface area contributed by atoms with Crippen molar-refractivity contribution in [1.29, 1.82) is 0 Å². The summed E-state index contributed by atoms with van der Waals surface area (Å²) in [5.74, 6) is 0. The van der Waals surface area contributed by atoms with Gasteiger partial charge in [0.25, 0.3) is 0 Å². The normalized spacial score (nSPS) is 11.5. The van der Waals surface area contributed by atoms with E-state index in [-0.39, 0.29) is 0 Å². The van der Waals surface area contributed by atoms with Crippen LogP contribution < -0.4 is 0 Å². The van der Waals surface area contributed by atoms with Crippen molar-refractivity contribution >= 4 is 6.21 Å². The van der Waals surface area contributed by atoms with E-state index in [2.05, 4.69) is 79.2 Å². The summed E-state index contributed by atoms with van der Waals surface area (Å²) in [7, 11) is 0. The Labute approximate surface area is 134 Å². The van der Waals surface area contributed by atoms with Gasteiger partial charge in [0.2, 0.25) is 0 Å². The van der Waals surface area contributed by atoms with Crippen molar-refractivity contribution in [3.63, 3.8) is 0 Å². The first-order chi connectivity index (χ1) is 10.7. The molecule has 2 aromatic carbocycles. The summed E-state index contributed by atoms with van der Waals surface area (Å²) in [5, 5.41) is 0. The lowest BCUT2D eigenvalue weighted by molar-refractivity contribution is 0.313. The molecular formula is C20H26N2. The molecule has 116 valence electrons. The Hall–Kier alpha value is -1.93. The fraction of sp³-hybridized carbons (Fsp3) is 0.350. The van der Waals surface area contributed by atoms with Crippen LogP contribution in [0, 0.1) is 6.92 Å². The predicted octanol–water partition coefficient (Wildman–Crippen LogP) is 4.42. The molecule has 2 heteroatoms. The second kappa shape index (κ2) is 8.50. The lowest BCUT2D eigenvalue weighted by atomic mass is 10.0. The zero-order chi connectivity index (χ0) is 15.8. The van der Waals surface area contributed by atoms with Gasteiger partial charge in [-0.05, 0) is 36.7 Å². The maximum Gasteiger partial charge on any atom is 0.0517 e. The van der Waals surface area contributed by atoms with Crippen molar-refractivity contribution in [2.75, 3.05) is 26.2 Å². The van der Waals surface area contributed by atoms with Crippen LogP contribution in [0.3, 0.4) is 0 Å². The van der Waals surface area contributed by atoms with E-state index in [9.17, 15) is 0 Å². The van der Waals surface area contributed by atoms with Crippen molar-refractivity contribution in [2.24, 2.45) is 4.99 Å². The molecule has 0 aromatic heterocycles. The number of aliphatic imine (C=N–C) groups is 1. The van der Waals surface area contributed by atoms with Gasteiger partial charge in [0.15, 0.2) is 0 Å². The number of benzene rings is 2. The minimum Gasteiger partial charge on any atom is -0.302 e. The Balaban J connectivity index is 1.93. The van der Waals surface area contributed by atoms with Gasteiger partial charge in [-0.1, -0.05) is 67.9 Å². The van der Waals surface area contributed by atoms with Gasteiger partial charge in [-0.25, -0.2) is 0 Å². The average molecular weight is 294 g/mol. The summed E-state index contributed by atoms with van der Waals surface area (Å²) in [6.45, 7) is 10.6. The topological polar surface area (TPSA) is 15.6 Å². The number of hydrogen-bond acceptors (Lipinski definition) is 2. The largest absolute Gasteiger partial charge is 0.302 e. The van der Waals surface area contributed by atoms with E-state index in [4.69, 9.17) is 0 Å². The average Bonchev–Trinajstić information content (AvgIpc) is 2.56. The Morgan fingerprint density at radius 2 is 1.41 bits per heavy atom. The number of rotatable bonds is 7. The van der Waals surface area contributed by atoms with Crippen LogP contribution in [0.25, 0.3) is 11.1 Å². The molecule has 0 aliphatic carbocycles. The van der Waals surface area contributed by atoms with Gasteiger partial charge in [0, 0.05) is 12.8 Å². The van der Waals surface area contributed by atoms with E-state index >= 15 is 0 Å². The van der Waals surface area contributed by atoms with Gasteiger partial charge in [-0.3, -0.25) is 4.99 Å². The Kier molecular flexibility index (Phi) is 6.35. The molecule has 2 nitrogen and oxygen atoms in total. The van der Waals surface area contributed by atoms with Crippen molar-refractivity contribution in [2.45, 2.75) is 20.8 Å². The minimum atomic E-state index is 0.862. The highest BCUT2D eigenvalue weighted by Gasteiger charge is 1.98. The highest BCUT2D eigenvalue weighted by molar-refractivity contribution is 5.81. The molecule has 0 heterocycles. The second-order valence-corrected chi connectivity index (χ2v) is 5.55. The second-order valence-electron chi connectivity index (χ2n) is 5.55. The number of hydrogen-bond donors (Lipinski definition) is 0. The Bertz CT molecular complexity index is 578. The van der Waals surface area contributed by atoms with Gasteiger partial charge in [-0.15, -0.1) is 0 Å². The molecule has 2 aromatic rings. The molecule has 0 aliphatic heterocycles. The third-order valence-electron chi connectivity index (χ3n) is 3.98. The molecule has 0 radical (unpaired) electrons. The molecule has 0 atom stereocenters. The lowest BCUT2D eigenvalue weighted by Crippen LogP contribution is -2.25. The van der Waals surface area contributed by atoms with Crippen molar-refractivity contribution in [1.82, 2.24) is 4.90 Å². The van der Waals surface area contributed by atoms with Crippen LogP contribution >= 0.6 is 0 Å². The zero-order valence-corrected chi connectivity index (χ0v) is 13.9. The third kappa shape index (κ3) is 4.81. The maximum absolute atomic E-state index is 4.52. The summed E-state index contributed by atoms with van der Waals surface area (Å²) >= 11 is 0. The van der Waals surface area contributed by atoms with E-state index in [0.717, 1.165) is 31.7 Å². The van der Waals surface area contributed by atoms with Crippen LogP contribution in [0.4, 0.5) is 0 Å². The van der Waals surface area contributed by atoms with Crippen molar-refractivity contribution < 1.29 is 0 Å². The smallest absolute Gasteiger partial charge is 0.0517 e. The Morgan fingerprint density at radius 1 is 0.864 bits per heavy atom. The van der Waals surface area contributed by atoms with Gasteiger partial charge < -0.3 is 4.90 Å². The van der Waals surface area contributed by atoms with Crippen molar-refractivity contribution in [3.8, 4) is 11.1 Å². The van der Waals surface area contributed by atoms with E-state index in [1.54, 1.807) is 0 Å². The number of aryl methyl sites for hydroxylation is 1. The van der Waals surface area contributed by atoms with Gasteiger partial charge in [-0.2, -0.15) is 0 Å². The van der Waals surface area contributed by atoms with Crippen LogP contribution in [0.15, 0.2) is 53.5 Å². The molecule has 2 rings (SSSR count). The molecular weight excluding hydrogens is 268 g/mol. The first kappa shape index (κ1) is 16.4. The van der Waals surface area contributed by atoms with E-state index < -0.39 is 0 Å². The molecule has 0 fully saturated rings. The molecule has 22 heavy (non-hydrogen) atoms. The standard InChI is InChI=1S/C20H26N2/c1-4-22(5-2)15-14-21-16-18-8-12-20(13-9-18)19-10-6-17(3)7-11-19/h6-13,16H,4-5,14-15H2,1-3H3/b21-16+. The minimum absolute atomic E-state index is 0.862. The van der Waals surface area contributed by atoms with Gasteiger partial charge in [0.1, 0.15) is 0 Å². The summed E-state index contributed by atoms with van der Waals surface area (Å²) in [6.07, 6.45) is 1.97. The summed E-state index contributed by atoms with van der Waals surface area (Å²) in [4.78, 5) is 6.91. The fourth-order valence-electron chi connectivity index (χ4n) is 2.42. The summed E-state index contributed by atoms with van der Waals surface area (Å²) in [5.41, 5.74) is 4.96. The molecule has 0 saturated carbocycles. The van der Waals surface area contributed by atoms with Crippen molar-refractivity contribution in [3.05, 3.63) is 59.7 Å². The molecule has 0 N–H and O–H groups in total. The van der Waals surface area contributed by atoms with Crippen LogP contribution in [0.1, 0.15) is 25.0 Å². The van der Waals surface area contributed by atoms with Gasteiger partial charge in [0.05, 0.1) is 6.54 Å². The molecule has 0 aliphatic rings. The predicted molar refractivity (Wildman–Crippen MR) is 96.9 cm³/mol. The first-order valence-electron chi connectivity index (χ1n) is 8.12. The van der Waals surface area contributed by atoms with E-state index in [0.29, 0.717) is 0 Å². The fourth-order valence-corrected chi connectivity index (χ4v) is 2.42. The first-order valence-corrected chi connectivity index (χ1v) is 8.12. The number of nitrogens with zero attached hydrogens (tertiary/aromatic N) is 2. The van der Waals surface area contributed by atoms with E-state index in [1.165, 1.54) is 16.7 Å². The highest BCUT2D eigenvalue weighted by atomic mass is 15.1. The van der Waals surface area contributed by atoms with Crippen LogP contribution in [-0.4, -0.2) is 37.3 Å². The SMILES string of the molecule is CCN(CC)CC/N=C/c1ccc(-c2ccc(C)cc2)cc1. The molecule has 0 saturated heterocycles. The van der Waals surface area contributed by atoms with Crippen LogP contribution in [0.5, 0.6) is 0 Å². The van der Waals surface area contributed by atoms with Crippen LogP contribution in [0.2, 0.25) is 0 Å². The van der Waals surface area contributed by atoms with Crippen LogP contribution in [-0.2, 0) is 0 Å². The Morgan fingerprint density at radius 3 is 1.95 bits per heavy atom. The quantitative estimate of drug-likeness (QED) is 0.690. The number of likely N-dealkylation sites (N-methyl/N-ethyl adjacent to an activating group) is 1. The molecule has 0 amide bonds. The maximum atomic E-state index is 4.52. The zero-order valence-electron chi connectivity index (χ0n) is 13.9. The molecule has 0 bridgehead atoms. The van der Waals surface area contributed by atoms with E-state index in [1.807, 2.05) is 6.21 Å². The highest BCUT2D eigenvalue weighted by Crippen LogP contribution is 2.19. The van der Waals surface area contributed by atoms with Gasteiger partial charge >= 0.3 is 0 Å². The molecule has 0 spiro atoms. The molecule has 0 unspecified atom stereocenters. The third-order valence-corrected chi connectivity index (χ3v) is 3.98. The lowest BCUT2D eigenvalue weighted by Gasteiger charge is -2.15.